The van der Waals surface area contributed by atoms with Gasteiger partial charge in [-0.2, -0.15) is 13.2 Å². The molecule has 0 spiro atoms. The highest BCUT2D eigenvalue weighted by Crippen LogP contribution is 2.30. The molecule has 0 aliphatic carbocycles. The molecule has 4 N–H and O–H groups in total. The zero-order valence-corrected chi connectivity index (χ0v) is 16.1. The maximum Gasteiger partial charge on any atom is 0.416 e. The summed E-state index contributed by atoms with van der Waals surface area (Å²) in [5.41, 5.74) is -0.496. The van der Waals surface area contributed by atoms with Gasteiger partial charge in [0.1, 0.15) is 29.0 Å². The molecule has 0 radical (unpaired) electrons. The quantitative estimate of drug-likeness (QED) is 0.378. The molecule has 0 bridgehead atoms. The first-order valence-electron chi connectivity index (χ1n) is 9.10. The second kappa shape index (κ2) is 8.34. The number of carbonyl (C=O) groups excluding carboxylic acids is 1. The summed E-state index contributed by atoms with van der Waals surface area (Å²) in [7, 11) is 0. The van der Waals surface area contributed by atoms with Crippen molar-refractivity contribution in [3.8, 4) is 0 Å². The molecular weight excluding hydrogens is 427 g/mol. The third-order valence-corrected chi connectivity index (χ3v) is 4.26. The number of H-pyrrole nitrogens is 1. The highest BCUT2D eigenvalue weighted by atomic mass is 19.4. The number of rotatable bonds is 4. The Hall–Kier alpha value is -4.48. The highest BCUT2D eigenvalue weighted by molar-refractivity contribution is 5.99. The topological polar surface area (TPSA) is 125 Å². The summed E-state index contributed by atoms with van der Waals surface area (Å²) in [6, 6.07) is 7.95. The van der Waals surface area contributed by atoms with Crippen LogP contribution in [0.3, 0.4) is 0 Å². The third kappa shape index (κ3) is 4.64. The van der Waals surface area contributed by atoms with Gasteiger partial charge in [0.2, 0.25) is 0 Å². The van der Waals surface area contributed by atoms with Crippen molar-refractivity contribution in [2.45, 2.75) is 6.18 Å². The van der Waals surface area contributed by atoms with Crippen molar-refractivity contribution in [1.29, 1.82) is 0 Å². The first-order chi connectivity index (χ1) is 15.3. The maximum atomic E-state index is 12.8. The fraction of sp³-hybridized carbons (Fsp3) is 0.0500. The lowest BCUT2D eigenvalue weighted by atomic mass is 10.2. The standard InChI is InChI=1S/C20H14F3N7O2/c21-20(22,23)11-2-1-3-12(8-11)28-19(32)29-13-4-5-15(25-9-13)30-18-16-14(31)6-7-24-17(16)26-10-27-18/h1-10H,(H2,28,29,32)(H2,24,25,26,27,30,31). The molecule has 1 aromatic carbocycles. The van der Waals surface area contributed by atoms with Gasteiger partial charge in [0.05, 0.1) is 17.4 Å². The molecule has 4 rings (SSSR count). The Balaban J connectivity index is 1.44. The van der Waals surface area contributed by atoms with Crippen LogP contribution < -0.4 is 21.4 Å². The van der Waals surface area contributed by atoms with Crippen LogP contribution in [0.1, 0.15) is 5.56 Å². The lowest BCUT2D eigenvalue weighted by Crippen LogP contribution is -2.20. The Morgan fingerprint density at radius 1 is 0.969 bits per heavy atom. The van der Waals surface area contributed by atoms with Gasteiger partial charge in [0.25, 0.3) is 0 Å². The maximum absolute atomic E-state index is 12.8. The Labute approximate surface area is 177 Å². The van der Waals surface area contributed by atoms with Gasteiger partial charge < -0.3 is 20.9 Å². The number of amides is 2. The average molecular weight is 441 g/mol. The van der Waals surface area contributed by atoms with Gasteiger partial charge in [-0.25, -0.2) is 19.7 Å². The molecule has 4 aromatic rings. The molecule has 0 fully saturated rings. The Morgan fingerprint density at radius 2 is 1.78 bits per heavy atom. The molecule has 12 heteroatoms. The summed E-state index contributed by atoms with van der Waals surface area (Å²) < 4.78 is 38.4. The number of halogens is 3. The number of nitrogens with one attached hydrogen (secondary N) is 4. The summed E-state index contributed by atoms with van der Waals surface area (Å²) in [6.45, 7) is 0. The molecule has 0 aliphatic rings. The van der Waals surface area contributed by atoms with Crippen LogP contribution >= 0.6 is 0 Å². The number of aromatic amines is 1. The molecule has 0 atom stereocenters. The van der Waals surface area contributed by atoms with E-state index in [4.69, 9.17) is 0 Å². The van der Waals surface area contributed by atoms with Crippen molar-refractivity contribution in [2.75, 3.05) is 16.0 Å². The number of benzene rings is 1. The summed E-state index contributed by atoms with van der Waals surface area (Å²) >= 11 is 0. The van der Waals surface area contributed by atoms with Crippen LogP contribution in [0.5, 0.6) is 0 Å². The van der Waals surface area contributed by atoms with Crippen molar-refractivity contribution in [3.05, 3.63) is 77.0 Å². The molecule has 0 unspecified atom stereocenters. The van der Waals surface area contributed by atoms with E-state index in [9.17, 15) is 22.8 Å². The van der Waals surface area contributed by atoms with Crippen molar-refractivity contribution in [3.63, 3.8) is 0 Å². The average Bonchev–Trinajstić information content (AvgIpc) is 2.75. The van der Waals surface area contributed by atoms with E-state index in [0.29, 0.717) is 17.2 Å². The van der Waals surface area contributed by atoms with E-state index in [0.717, 1.165) is 12.1 Å². The first-order valence-corrected chi connectivity index (χ1v) is 9.10. The molecule has 3 heterocycles. The number of anilines is 4. The van der Waals surface area contributed by atoms with Crippen LogP contribution in [-0.2, 0) is 6.18 Å². The fourth-order valence-electron chi connectivity index (χ4n) is 2.83. The second-order valence-electron chi connectivity index (χ2n) is 6.50. The normalized spacial score (nSPS) is 11.2. The van der Waals surface area contributed by atoms with Crippen LogP contribution in [0.4, 0.5) is 41.0 Å². The number of nitrogens with zero attached hydrogens (tertiary/aromatic N) is 3. The zero-order valence-electron chi connectivity index (χ0n) is 16.1. The second-order valence-corrected chi connectivity index (χ2v) is 6.50. The highest BCUT2D eigenvalue weighted by Gasteiger charge is 2.30. The van der Waals surface area contributed by atoms with E-state index in [-0.39, 0.29) is 22.3 Å². The third-order valence-electron chi connectivity index (χ3n) is 4.26. The summed E-state index contributed by atoms with van der Waals surface area (Å²) in [5, 5.41) is 7.99. The van der Waals surface area contributed by atoms with Gasteiger partial charge in [0.15, 0.2) is 5.43 Å². The van der Waals surface area contributed by atoms with Gasteiger partial charge in [-0.3, -0.25) is 4.79 Å². The predicted molar refractivity (Wildman–Crippen MR) is 112 cm³/mol. The van der Waals surface area contributed by atoms with E-state index in [1.807, 2.05) is 0 Å². The molecule has 3 aromatic heterocycles. The molecule has 0 saturated carbocycles. The van der Waals surface area contributed by atoms with Crippen molar-refractivity contribution >= 4 is 40.1 Å². The van der Waals surface area contributed by atoms with E-state index < -0.39 is 17.8 Å². The van der Waals surface area contributed by atoms with Gasteiger partial charge in [-0.1, -0.05) is 6.07 Å². The number of pyridine rings is 2. The van der Waals surface area contributed by atoms with Crippen LogP contribution in [0.2, 0.25) is 0 Å². The smallest absolute Gasteiger partial charge is 0.346 e. The van der Waals surface area contributed by atoms with E-state index >= 15 is 0 Å². The number of urea groups is 1. The fourth-order valence-corrected chi connectivity index (χ4v) is 2.83. The molecule has 162 valence electrons. The number of hydrogen-bond acceptors (Lipinski definition) is 6. The van der Waals surface area contributed by atoms with E-state index in [2.05, 4.69) is 35.9 Å². The Kier molecular flexibility index (Phi) is 5.41. The molecule has 32 heavy (non-hydrogen) atoms. The minimum absolute atomic E-state index is 0.00978. The van der Waals surface area contributed by atoms with Crippen molar-refractivity contribution in [2.24, 2.45) is 0 Å². The summed E-state index contributed by atoms with van der Waals surface area (Å²) in [6.07, 6.45) is -0.415. The van der Waals surface area contributed by atoms with E-state index in [1.165, 1.54) is 49.1 Å². The number of carbonyl (C=O) groups is 1. The molecule has 0 saturated heterocycles. The minimum atomic E-state index is -4.51. The molecule has 9 nitrogen and oxygen atoms in total. The SMILES string of the molecule is O=C(Nc1ccc(Nc2ncnc3[nH]ccc(=O)c23)nc1)Nc1cccc(C(F)(F)F)c1. The van der Waals surface area contributed by atoms with Crippen molar-refractivity contribution in [1.82, 2.24) is 19.9 Å². The number of hydrogen-bond donors (Lipinski definition) is 4. The number of alkyl halides is 3. The van der Waals surface area contributed by atoms with Crippen LogP contribution in [0.15, 0.2) is 66.0 Å². The zero-order chi connectivity index (χ0) is 22.7. The monoisotopic (exact) mass is 441 g/mol. The van der Waals surface area contributed by atoms with Crippen LogP contribution in [0.25, 0.3) is 11.0 Å². The van der Waals surface area contributed by atoms with Gasteiger partial charge in [-0.15, -0.1) is 0 Å². The van der Waals surface area contributed by atoms with Gasteiger partial charge in [-0.05, 0) is 30.3 Å². The van der Waals surface area contributed by atoms with E-state index in [1.54, 1.807) is 0 Å². The Morgan fingerprint density at radius 3 is 2.53 bits per heavy atom. The predicted octanol–water partition coefficient (Wildman–Crippen LogP) is 4.12. The summed E-state index contributed by atoms with van der Waals surface area (Å²) in [4.78, 5) is 39.3. The largest absolute Gasteiger partial charge is 0.416 e. The lowest BCUT2D eigenvalue weighted by Gasteiger charge is -2.11. The van der Waals surface area contributed by atoms with Crippen LogP contribution in [-0.4, -0.2) is 26.0 Å². The molecule has 2 amide bonds. The van der Waals surface area contributed by atoms with Gasteiger partial charge >= 0.3 is 12.2 Å². The van der Waals surface area contributed by atoms with Crippen LogP contribution in [0, 0.1) is 0 Å². The molecule has 0 aliphatic heterocycles. The Bertz CT molecular complexity index is 1330. The van der Waals surface area contributed by atoms with Gasteiger partial charge in [0, 0.05) is 18.0 Å². The minimum Gasteiger partial charge on any atom is -0.346 e. The summed E-state index contributed by atoms with van der Waals surface area (Å²) in [5.74, 6) is 0.601. The molecular formula is C20H14F3N7O2. The lowest BCUT2D eigenvalue weighted by molar-refractivity contribution is -0.137. The first kappa shape index (κ1) is 20.8. The van der Waals surface area contributed by atoms with Crippen molar-refractivity contribution < 1.29 is 18.0 Å². The number of aromatic nitrogens is 4. The number of fused-ring (bicyclic) bond motifs is 1.